The summed E-state index contributed by atoms with van der Waals surface area (Å²) in [5.74, 6) is 5.04. The van der Waals surface area contributed by atoms with E-state index in [0.717, 1.165) is 16.7 Å². The van der Waals surface area contributed by atoms with Gasteiger partial charge in [-0.25, -0.2) is 28.7 Å². The van der Waals surface area contributed by atoms with Gasteiger partial charge in [0.2, 0.25) is 0 Å². The summed E-state index contributed by atoms with van der Waals surface area (Å²) >= 11 is 6.31. The monoisotopic (exact) mass is 559 g/mol. The summed E-state index contributed by atoms with van der Waals surface area (Å²) in [4.78, 5) is 30.8. The van der Waals surface area contributed by atoms with Gasteiger partial charge in [0.25, 0.3) is 5.56 Å². The highest BCUT2D eigenvalue weighted by Gasteiger charge is 2.22. The minimum absolute atomic E-state index is 0.0649. The van der Waals surface area contributed by atoms with Gasteiger partial charge in [-0.05, 0) is 49.2 Å². The molecule has 3 heterocycles. The molecule has 0 aliphatic rings. The number of pyridine rings is 1. The smallest absolute Gasteiger partial charge is 0.267 e. The van der Waals surface area contributed by atoms with Crippen molar-refractivity contribution in [3.05, 3.63) is 105 Å². The zero-order chi connectivity index (χ0) is 28.4. The third-order valence-corrected chi connectivity index (χ3v) is 6.21. The lowest BCUT2D eigenvalue weighted by atomic mass is 10.2. The molecule has 0 aliphatic heterocycles. The Bertz CT molecular complexity index is 1870. The molecule has 0 fully saturated rings. The van der Waals surface area contributed by atoms with Crippen LogP contribution in [0.2, 0.25) is 5.02 Å². The summed E-state index contributed by atoms with van der Waals surface area (Å²) in [6, 6.07) is 10.3. The second-order valence-electron chi connectivity index (χ2n) is 8.52. The summed E-state index contributed by atoms with van der Waals surface area (Å²) in [7, 11) is 1.50. The van der Waals surface area contributed by atoms with E-state index in [1.54, 1.807) is 37.4 Å². The van der Waals surface area contributed by atoms with Gasteiger partial charge in [0.1, 0.15) is 41.0 Å². The van der Waals surface area contributed by atoms with Gasteiger partial charge in [0.05, 0.1) is 34.8 Å². The molecule has 2 aromatic carbocycles. The molecule has 1 atom stereocenters. The van der Waals surface area contributed by atoms with E-state index in [-0.39, 0.29) is 39.1 Å². The fourth-order valence-electron chi connectivity index (χ4n) is 4.09. The number of benzene rings is 2. The van der Waals surface area contributed by atoms with Crippen molar-refractivity contribution in [3.8, 4) is 23.3 Å². The molecule has 0 saturated heterocycles. The van der Waals surface area contributed by atoms with Gasteiger partial charge in [-0.2, -0.15) is 0 Å². The van der Waals surface area contributed by atoms with E-state index in [1.165, 1.54) is 19.5 Å². The zero-order valence-electron chi connectivity index (χ0n) is 21.1. The van der Waals surface area contributed by atoms with Crippen LogP contribution in [0.4, 0.5) is 20.4 Å². The number of aromatic nitrogens is 5. The number of rotatable bonds is 5. The van der Waals surface area contributed by atoms with Gasteiger partial charge in [-0.3, -0.25) is 9.36 Å². The molecule has 40 heavy (non-hydrogen) atoms. The standard InChI is InChI=1S/C28H20ClF2N7O2/c1-15(36-26-19(25(32)34-14-35-26)8-9-21-23(40-2)7-4-10-33-21)27-37-22-6-3-5-20(29)24(22)28(39)38(27)18-12-16(30)11-17(31)13-18/h3-7,10-15H,1-2H3,(H3,32,34,35,36). The lowest BCUT2D eigenvalue weighted by molar-refractivity contribution is 0.411. The molecule has 0 bridgehead atoms. The van der Waals surface area contributed by atoms with Crippen LogP contribution in [0.25, 0.3) is 16.6 Å². The Labute approximate surface area is 231 Å². The Balaban J connectivity index is 1.64. The molecule has 0 spiro atoms. The largest absolute Gasteiger partial charge is 0.494 e. The van der Waals surface area contributed by atoms with E-state index in [2.05, 4.69) is 37.1 Å². The topological polar surface area (TPSA) is 121 Å². The Morgan fingerprint density at radius 2 is 1.85 bits per heavy atom. The SMILES string of the molecule is COc1cccnc1C#Cc1c(N)ncnc1NC(C)c1nc2cccc(Cl)c2c(=O)n1-c1cc(F)cc(F)c1. The molecule has 12 heteroatoms. The van der Waals surface area contributed by atoms with Crippen LogP contribution in [0.1, 0.15) is 30.0 Å². The average molecular weight is 560 g/mol. The summed E-state index contributed by atoms with van der Waals surface area (Å²) in [5, 5.41) is 3.41. The summed E-state index contributed by atoms with van der Waals surface area (Å²) < 4.78 is 34.8. The quantitative estimate of drug-likeness (QED) is 0.298. The van der Waals surface area contributed by atoms with Crippen LogP contribution in [0.15, 0.2) is 65.8 Å². The van der Waals surface area contributed by atoms with Gasteiger partial charge in [-0.1, -0.05) is 23.6 Å². The molecule has 0 radical (unpaired) electrons. The molecule has 1 unspecified atom stereocenters. The van der Waals surface area contributed by atoms with Crippen LogP contribution in [-0.4, -0.2) is 31.6 Å². The van der Waals surface area contributed by atoms with Crippen molar-refractivity contribution in [1.82, 2.24) is 24.5 Å². The van der Waals surface area contributed by atoms with E-state index in [1.807, 2.05) is 0 Å². The summed E-state index contributed by atoms with van der Waals surface area (Å²) in [6.07, 6.45) is 2.82. The Morgan fingerprint density at radius 3 is 2.60 bits per heavy atom. The molecule has 5 rings (SSSR count). The van der Waals surface area contributed by atoms with Crippen LogP contribution >= 0.6 is 11.6 Å². The van der Waals surface area contributed by atoms with Crippen molar-refractivity contribution >= 4 is 34.1 Å². The zero-order valence-corrected chi connectivity index (χ0v) is 21.9. The number of halogens is 3. The average Bonchev–Trinajstić information content (AvgIpc) is 2.92. The maximum atomic E-state index is 14.2. The normalized spacial score (nSPS) is 11.5. The molecule has 9 nitrogen and oxygen atoms in total. The lowest BCUT2D eigenvalue weighted by Gasteiger charge is -2.21. The van der Waals surface area contributed by atoms with Crippen molar-refractivity contribution in [2.75, 3.05) is 18.2 Å². The third-order valence-electron chi connectivity index (χ3n) is 5.89. The van der Waals surface area contributed by atoms with Gasteiger partial charge in [-0.15, -0.1) is 0 Å². The lowest BCUT2D eigenvalue weighted by Crippen LogP contribution is -2.28. The van der Waals surface area contributed by atoms with Crippen LogP contribution in [0.3, 0.4) is 0 Å². The summed E-state index contributed by atoms with van der Waals surface area (Å²) in [6.45, 7) is 1.70. The number of fused-ring (bicyclic) bond motifs is 1. The molecule has 5 aromatic rings. The molecule has 0 saturated carbocycles. The fourth-order valence-corrected chi connectivity index (χ4v) is 4.34. The van der Waals surface area contributed by atoms with Gasteiger partial charge < -0.3 is 15.8 Å². The number of nitrogen functional groups attached to an aromatic ring is 1. The number of nitrogens with zero attached hydrogens (tertiary/aromatic N) is 5. The van der Waals surface area contributed by atoms with E-state index in [4.69, 9.17) is 22.1 Å². The van der Waals surface area contributed by atoms with E-state index >= 15 is 0 Å². The number of nitrogens with two attached hydrogens (primary N) is 1. The van der Waals surface area contributed by atoms with Crippen molar-refractivity contribution in [2.24, 2.45) is 0 Å². The maximum absolute atomic E-state index is 14.2. The first-order valence-electron chi connectivity index (χ1n) is 11.8. The van der Waals surface area contributed by atoms with Crippen LogP contribution in [0.5, 0.6) is 5.75 Å². The molecule has 200 valence electrons. The maximum Gasteiger partial charge on any atom is 0.267 e. The van der Waals surface area contributed by atoms with Crippen LogP contribution in [-0.2, 0) is 0 Å². The van der Waals surface area contributed by atoms with E-state index < -0.39 is 23.2 Å². The number of hydrogen-bond acceptors (Lipinski definition) is 8. The number of hydrogen-bond donors (Lipinski definition) is 2. The highest BCUT2D eigenvalue weighted by molar-refractivity contribution is 6.35. The minimum Gasteiger partial charge on any atom is -0.494 e. The highest BCUT2D eigenvalue weighted by atomic mass is 35.5. The molecule has 0 aliphatic carbocycles. The molecular weight excluding hydrogens is 540 g/mol. The fraction of sp³-hybridized carbons (Fsp3) is 0.107. The van der Waals surface area contributed by atoms with Crippen molar-refractivity contribution < 1.29 is 13.5 Å². The van der Waals surface area contributed by atoms with Crippen molar-refractivity contribution in [1.29, 1.82) is 0 Å². The highest BCUT2D eigenvalue weighted by Crippen LogP contribution is 2.27. The Hall–Kier alpha value is -5.08. The van der Waals surface area contributed by atoms with Crippen LogP contribution < -0.4 is 21.3 Å². The molecular formula is C28H20ClF2N7O2. The number of anilines is 2. The first-order valence-corrected chi connectivity index (χ1v) is 12.2. The number of nitrogens with one attached hydrogen (secondary N) is 1. The first-order chi connectivity index (χ1) is 19.3. The van der Waals surface area contributed by atoms with E-state index in [9.17, 15) is 13.6 Å². The van der Waals surface area contributed by atoms with Crippen molar-refractivity contribution in [2.45, 2.75) is 13.0 Å². The van der Waals surface area contributed by atoms with Gasteiger partial charge >= 0.3 is 0 Å². The second kappa shape index (κ2) is 11.0. The second-order valence-corrected chi connectivity index (χ2v) is 8.93. The Kier molecular flexibility index (Phi) is 7.27. The number of ether oxygens (including phenoxy) is 1. The Morgan fingerprint density at radius 1 is 1.07 bits per heavy atom. The predicted molar refractivity (Wildman–Crippen MR) is 148 cm³/mol. The molecule has 3 aromatic heterocycles. The van der Waals surface area contributed by atoms with Gasteiger partial charge in [0, 0.05) is 12.3 Å². The van der Waals surface area contributed by atoms with Crippen molar-refractivity contribution in [3.63, 3.8) is 0 Å². The van der Waals surface area contributed by atoms with Gasteiger partial charge in [0.15, 0.2) is 11.4 Å². The number of methoxy groups -OCH3 is 1. The first kappa shape index (κ1) is 26.5. The van der Waals surface area contributed by atoms with Crippen LogP contribution in [0, 0.1) is 23.5 Å². The summed E-state index contributed by atoms with van der Waals surface area (Å²) in [5.41, 5.74) is 6.40. The van der Waals surface area contributed by atoms with E-state index in [0.29, 0.717) is 23.0 Å². The predicted octanol–water partition coefficient (Wildman–Crippen LogP) is 4.67. The minimum atomic E-state index is -0.862. The molecule has 3 N–H and O–H groups in total. The third kappa shape index (κ3) is 5.12. The molecule has 0 amide bonds.